The average Bonchev–Trinajstić information content (AvgIpc) is 2.42. The number of hydrogen-bond acceptors (Lipinski definition) is 1. The molecule has 1 fully saturated rings. The number of benzene rings is 1. The van der Waals surface area contributed by atoms with E-state index < -0.39 is 0 Å². The average molecular weight is 290 g/mol. The third kappa shape index (κ3) is 4.20. The molecule has 0 aliphatic heterocycles. The van der Waals surface area contributed by atoms with E-state index in [1.807, 2.05) is 0 Å². The van der Waals surface area contributed by atoms with Crippen LogP contribution in [0, 0.1) is 13.8 Å². The van der Waals surface area contributed by atoms with E-state index in [4.69, 9.17) is 12.2 Å². The van der Waals surface area contributed by atoms with E-state index >= 15 is 0 Å². The molecule has 1 aromatic rings. The second-order valence-electron chi connectivity index (χ2n) is 6.03. The normalized spacial score (nSPS) is 17.6. The van der Waals surface area contributed by atoms with Crippen molar-refractivity contribution in [1.29, 1.82) is 0 Å². The number of hydrogen-bond donors (Lipinski definition) is 2. The summed E-state index contributed by atoms with van der Waals surface area (Å²) in [5.74, 6) is 0. The van der Waals surface area contributed by atoms with Crippen molar-refractivity contribution in [3.8, 4) is 0 Å². The van der Waals surface area contributed by atoms with Crippen molar-refractivity contribution in [1.82, 2.24) is 10.6 Å². The summed E-state index contributed by atoms with van der Waals surface area (Å²) in [4.78, 5) is 0. The van der Waals surface area contributed by atoms with Gasteiger partial charge < -0.3 is 10.6 Å². The van der Waals surface area contributed by atoms with Crippen LogP contribution >= 0.6 is 12.2 Å². The molecule has 2 N–H and O–H groups in total. The molecule has 0 spiro atoms. The minimum absolute atomic E-state index is 0.249. The Kier molecular flexibility index (Phi) is 5.41. The molecule has 1 atom stereocenters. The lowest BCUT2D eigenvalue weighted by molar-refractivity contribution is 0.411. The zero-order chi connectivity index (χ0) is 14.5. The first-order chi connectivity index (χ1) is 9.56. The molecule has 3 heteroatoms. The molecular formula is C17H26N2S. The van der Waals surface area contributed by atoms with Gasteiger partial charge in [0, 0.05) is 6.04 Å². The van der Waals surface area contributed by atoms with E-state index in [9.17, 15) is 0 Å². The van der Waals surface area contributed by atoms with Crippen LogP contribution in [-0.4, -0.2) is 11.2 Å². The molecule has 0 unspecified atom stereocenters. The standard InChI is InChI=1S/C17H26N2S/c1-12-9-10-13(2)16(11-12)14(3)18-17(20)19-15-7-5-4-6-8-15/h9-11,14-15H,4-8H2,1-3H3,(H2,18,19,20)/t14-/m1/s1. The fourth-order valence-electron chi connectivity index (χ4n) is 2.97. The van der Waals surface area contributed by atoms with Gasteiger partial charge in [0.15, 0.2) is 5.11 Å². The van der Waals surface area contributed by atoms with Crippen LogP contribution in [0.5, 0.6) is 0 Å². The molecule has 2 nitrogen and oxygen atoms in total. The van der Waals surface area contributed by atoms with Crippen LogP contribution in [0.25, 0.3) is 0 Å². The van der Waals surface area contributed by atoms with Gasteiger partial charge in [0.05, 0.1) is 6.04 Å². The van der Waals surface area contributed by atoms with Crippen LogP contribution < -0.4 is 10.6 Å². The first kappa shape index (κ1) is 15.3. The fourth-order valence-corrected chi connectivity index (χ4v) is 3.32. The van der Waals surface area contributed by atoms with Crippen LogP contribution in [0.3, 0.4) is 0 Å². The lowest BCUT2D eigenvalue weighted by Crippen LogP contribution is -2.43. The van der Waals surface area contributed by atoms with Gasteiger partial charge in [-0.15, -0.1) is 0 Å². The molecule has 1 aliphatic rings. The monoisotopic (exact) mass is 290 g/mol. The van der Waals surface area contributed by atoms with E-state index in [0.717, 1.165) is 5.11 Å². The maximum absolute atomic E-state index is 5.46. The highest BCUT2D eigenvalue weighted by atomic mass is 32.1. The molecule has 0 saturated heterocycles. The maximum Gasteiger partial charge on any atom is 0.166 e. The van der Waals surface area contributed by atoms with Crippen molar-refractivity contribution in [2.45, 2.75) is 65.0 Å². The Bertz CT molecular complexity index is 464. The van der Waals surface area contributed by atoms with Gasteiger partial charge in [0.25, 0.3) is 0 Å². The second kappa shape index (κ2) is 7.07. The molecule has 110 valence electrons. The Labute approximate surface area is 128 Å². The molecule has 1 aromatic carbocycles. The molecule has 0 heterocycles. The highest BCUT2D eigenvalue weighted by Gasteiger charge is 2.15. The van der Waals surface area contributed by atoms with Crippen LogP contribution in [-0.2, 0) is 0 Å². The Hall–Kier alpha value is -1.09. The maximum atomic E-state index is 5.46. The van der Waals surface area contributed by atoms with Gasteiger partial charge in [-0.1, -0.05) is 43.0 Å². The summed E-state index contributed by atoms with van der Waals surface area (Å²) in [6.07, 6.45) is 6.52. The number of aryl methyl sites for hydroxylation is 2. The van der Waals surface area contributed by atoms with Crippen LogP contribution in [0.2, 0.25) is 0 Å². The Morgan fingerprint density at radius 1 is 1.20 bits per heavy atom. The minimum atomic E-state index is 0.249. The van der Waals surface area contributed by atoms with Gasteiger partial charge in [-0.05, 0) is 57.0 Å². The molecular weight excluding hydrogens is 264 g/mol. The summed E-state index contributed by atoms with van der Waals surface area (Å²) in [6, 6.07) is 7.40. The topological polar surface area (TPSA) is 24.1 Å². The van der Waals surface area contributed by atoms with E-state index in [2.05, 4.69) is 49.6 Å². The summed E-state index contributed by atoms with van der Waals surface area (Å²) in [7, 11) is 0. The lowest BCUT2D eigenvalue weighted by Gasteiger charge is -2.26. The third-order valence-electron chi connectivity index (χ3n) is 4.19. The first-order valence-electron chi connectivity index (χ1n) is 7.70. The number of rotatable bonds is 3. The van der Waals surface area contributed by atoms with Crippen molar-refractivity contribution in [3.63, 3.8) is 0 Å². The van der Waals surface area contributed by atoms with Gasteiger partial charge >= 0.3 is 0 Å². The molecule has 0 aromatic heterocycles. The van der Waals surface area contributed by atoms with Crippen molar-refractivity contribution in [3.05, 3.63) is 34.9 Å². The van der Waals surface area contributed by atoms with E-state index in [0.29, 0.717) is 6.04 Å². The van der Waals surface area contributed by atoms with Crippen LogP contribution in [0.1, 0.15) is 61.8 Å². The molecule has 1 aliphatic carbocycles. The molecule has 2 rings (SSSR count). The van der Waals surface area contributed by atoms with Crippen molar-refractivity contribution in [2.75, 3.05) is 0 Å². The largest absolute Gasteiger partial charge is 0.360 e. The first-order valence-corrected chi connectivity index (χ1v) is 8.11. The predicted molar refractivity (Wildman–Crippen MR) is 90.1 cm³/mol. The molecule has 0 amide bonds. The SMILES string of the molecule is Cc1ccc(C)c([C@@H](C)NC(=S)NC2CCCCC2)c1. The van der Waals surface area contributed by atoms with Gasteiger partial charge in [0.1, 0.15) is 0 Å². The number of nitrogens with one attached hydrogen (secondary N) is 2. The highest BCUT2D eigenvalue weighted by molar-refractivity contribution is 7.80. The van der Waals surface area contributed by atoms with Gasteiger partial charge in [0.2, 0.25) is 0 Å². The van der Waals surface area contributed by atoms with Gasteiger partial charge in [-0.2, -0.15) is 0 Å². The Morgan fingerprint density at radius 3 is 2.60 bits per heavy atom. The van der Waals surface area contributed by atoms with E-state index in [1.54, 1.807) is 0 Å². The summed E-state index contributed by atoms with van der Waals surface area (Å²) >= 11 is 5.46. The second-order valence-corrected chi connectivity index (χ2v) is 6.44. The van der Waals surface area contributed by atoms with Crippen molar-refractivity contribution in [2.24, 2.45) is 0 Å². The third-order valence-corrected chi connectivity index (χ3v) is 4.42. The predicted octanol–water partition coefficient (Wildman–Crippen LogP) is 4.16. The highest BCUT2D eigenvalue weighted by Crippen LogP contribution is 2.20. The molecule has 0 radical (unpaired) electrons. The molecule has 20 heavy (non-hydrogen) atoms. The van der Waals surface area contributed by atoms with E-state index in [1.165, 1.54) is 48.8 Å². The Morgan fingerprint density at radius 2 is 1.90 bits per heavy atom. The van der Waals surface area contributed by atoms with Gasteiger partial charge in [-0.25, -0.2) is 0 Å². The zero-order valence-electron chi connectivity index (χ0n) is 12.8. The summed E-state index contributed by atoms with van der Waals surface area (Å²) in [5.41, 5.74) is 3.94. The zero-order valence-corrected chi connectivity index (χ0v) is 13.6. The number of thiocarbonyl (C=S) groups is 1. The minimum Gasteiger partial charge on any atom is -0.360 e. The smallest absolute Gasteiger partial charge is 0.166 e. The van der Waals surface area contributed by atoms with Crippen molar-refractivity contribution < 1.29 is 0 Å². The van der Waals surface area contributed by atoms with E-state index in [-0.39, 0.29) is 6.04 Å². The summed E-state index contributed by atoms with van der Waals surface area (Å²) < 4.78 is 0. The fraction of sp³-hybridized carbons (Fsp3) is 0.588. The summed E-state index contributed by atoms with van der Waals surface area (Å²) in [6.45, 7) is 6.47. The summed E-state index contributed by atoms with van der Waals surface area (Å²) in [5, 5.41) is 7.70. The lowest BCUT2D eigenvalue weighted by atomic mass is 9.96. The molecule has 0 bridgehead atoms. The Balaban J connectivity index is 1.91. The van der Waals surface area contributed by atoms with Crippen molar-refractivity contribution >= 4 is 17.3 Å². The quantitative estimate of drug-likeness (QED) is 0.817. The van der Waals surface area contributed by atoms with Crippen LogP contribution in [0.15, 0.2) is 18.2 Å². The van der Waals surface area contributed by atoms with Crippen LogP contribution in [0.4, 0.5) is 0 Å². The molecule has 1 saturated carbocycles. The van der Waals surface area contributed by atoms with Gasteiger partial charge in [-0.3, -0.25) is 0 Å².